The van der Waals surface area contributed by atoms with Crippen LogP contribution < -0.4 is 11.1 Å². The van der Waals surface area contributed by atoms with E-state index < -0.39 is 5.54 Å². The minimum Gasteiger partial charge on any atom is -0.324 e. The Hall–Kier alpha value is -3.79. The first-order valence-corrected chi connectivity index (χ1v) is 11.3. The largest absolute Gasteiger partial charge is 0.324 e. The van der Waals surface area contributed by atoms with Crippen LogP contribution >= 0.6 is 11.3 Å². The molecule has 0 unspecified atom stereocenters. The van der Waals surface area contributed by atoms with E-state index in [9.17, 15) is 15.3 Å². The molecule has 3 N–H and O–H groups in total. The molecule has 3 heterocycles. The van der Waals surface area contributed by atoms with Gasteiger partial charge in [0, 0.05) is 30.0 Å². The fraction of sp³-hybridized carbons (Fsp3) is 0.292. The van der Waals surface area contributed by atoms with E-state index >= 15 is 0 Å². The molecule has 1 aliphatic heterocycles. The molecule has 1 fully saturated rings. The number of hydrogen-bond donors (Lipinski definition) is 2. The molecule has 0 bridgehead atoms. The van der Waals surface area contributed by atoms with Gasteiger partial charge in [0.1, 0.15) is 5.54 Å². The summed E-state index contributed by atoms with van der Waals surface area (Å²) in [5, 5.41) is 21.9. The molecule has 0 atom stereocenters. The van der Waals surface area contributed by atoms with Gasteiger partial charge in [0.2, 0.25) is 0 Å². The summed E-state index contributed by atoms with van der Waals surface area (Å²) >= 11 is 1.38. The number of pyridine rings is 1. The number of nitrogens with two attached hydrogens (primary N) is 1. The highest BCUT2D eigenvalue weighted by molar-refractivity contribution is 7.19. The van der Waals surface area contributed by atoms with Crippen molar-refractivity contribution in [3.05, 3.63) is 53.3 Å². The number of piperidine rings is 1. The van der Waals surface area contributed by atoms with Crippen LogP contribution in [0.5, 0.6) is 0 Å². The molecular weight excluding hydrogens is 434 g/mol. The number of nitrogens with zero attached hydrogens (tertiary/aromatic N) is 5. The molecule has 4 rings (SSSR count). The summed E-state index contributed by atoms with van der Waals surface area (Å²) in [6.45, 7) is 4.69. The van der Waals surface area contributed by atoms with Crippen molar-refractivity contribution in [2.45, 2.75) is 32.2 Å². The third kappa shape index (κ3) is 4.85. The molecule has 1 saturated heterocycles. The zero-order chi connectivity index (χ0) is 23.6. The van der Waals surface area contributed by atoms with Gasteiger partial charge in [-0.15, -0.1) is 0 Å². The first-order valence-electron chi connectivity index (χ1n) is 10.5. The number of rotatable bonds is 3. The molecule has 0 spiro atoms. The Bertz CT molecular complexity index is 1270. The van der Waals surface area contributed by atoms with E-state index in [1.54, 1.807) is 17.0 Å². The van der Waals surface area contributed by atoms with Crippen LogP contribution in [0, 0.1) is 36.5 Å². The van der Waals surface area contributed by atoms with Gasteiger partial charge in [-0.3, -0.25) is 10.3 Å². The molecule has 9 heteroatoms. The summed E-state index contributed by atoms with van der Waals surface area (Å²) in [4.78, 5) is 24.6. The number of carbonyl (C=O) groups is 1. The van der Waals surface area contributed by atoms with Crippen molar-refractivity contribution in [2.24, 2.45) is 5.73 Å². The molecule has 3 aromatic rings. The predicted octanol–water partition coefficient (Wildman–Crippen LogP) is 4.21. The number of hydrogen-bond acceptors (Lipinski definition) is 7. The summed E-state index contributed by atoms with van der Waals surface area (Å²) in [5.41, 5.74) is 9.90. The number of amides is 2. The lowest BCUT2D eigenvalue weighted by molar-refractivity contribution is 0.185. The predicted molar refractivity (Wildman–Crippen MR) is 127 cm³/mol. The number of nitrogens with one attached hydrogen (secondary N) is 1. The number of likely N-dealkylation sites (tertiary alicyclic amines) is 1. The van der Waals surface area contributed by atoms with Crippen molar-refractivity contribution >= 4 is 22.5 Å². The topological polar surface area (TPSA) is 132 Å². The summed E-state index contributed by atoms with van der Waals surface area (Å²) in [6.07, 6.45) is 0.865. The van der Waals surface area contributed by atoms with Crippen molar-refractivity contribution in [3.8, 4) is 33.8 Å². The second-order valence-electron chi connectivity index (χ2n) is 8.21. The number of aryl methyl sites for hydroxylation is 2. The number of carbonyl (C=O) groups excluding carboxylic acids is 1. The van der Waals surface area contributed by atoms with Crippen LogP contribution in [0.2, 0.25) is 0 Å². The molecule has 2 aromatic heterocycles. The lowest BCUT2D eigenvalue weighted by Gasteiger charge is -2.34. The molecule has 8 nitrogen and oxygen atoms in total. The standard InChI is InChI=1S/C24H23N7OS/c1-15-10-19(11-16(2)28-15)21-20(18-5-3-4-17(12-18)13-25)29-22(33-21)30-23(32)31-8-6-24(27,14-26)7-9-31/h3-5,10-12H,6-9,27H2,1-2H3,(H,29,30,32). The number of urea groups is 1. The highest BCUT2D eigenvalue weighted by Gasteiger charge is 2.32. The lowest BCUT2D eigenvalue weighted by atomic mass is 9.90. The van der Waals surface area contributed by atoms with Crippen molar-refractivity contribution in [1.29, 1.82) is 10.5 Å². The van der Waals surface area contributed by atoms with E-state index in [-0.39, 0.29) is 6.03 Å². The quantitative estimate of drug-likeness (QED) is 0.605. The van der Waals surface area contributed by atoms with Gasteiger partial charge in [-0.05, 0) is 56.5 Å². The van der Waals surface area contributed by atoms with Gasteiger partial charge in [0.15, 0.2) is 5.13 Å². The van der Waals surface area contributed by atoms with Crippen LogP contribution in [0.4, 0.5) is 9.93 Å². The average molecular weight is 458 g/mol. The zero-order valence-electron chi connectivity index (χ0n) is 18.4. The highest BCUT2D eigenvalue weighted by atomic mass is 32.1. The summed E-state index contributed by atoms with van der Waals surface area (Å²) < 4.78 is 0. The molecule has 1 aliphatic rings. The van der Waals surface area contributed by atoms with E-state index in [1.165, 1.54) is 11.3 Å². The van der Waals surface area contributed by atoms with Gasteiger partial charge in [0.25, 0.3) is 0 Å². The zero-order valence-corrected chi connectivity index (χ0v) is 19.2. The first-order chi connectivity index (χ1) is 15.8. The summed E-state index contributed by atoms with van der Waals surface area (Å²) in [5.74, 6) is 0. The number of benzene rings is 1. The molecule has 33 heavy (non-hydrogen) atoms. The van der Waals surface area contributed by atoms with Crippen LogP contribution in [0.3, 0.4) is 0 Å². The Morgan fingerprint density at radius 3 is 2.45 bits per heavy atom. The Labute approximate surface area is 196 Å². The second kappa shape index (κ2) is 8.99. The molecule has 1 aromatic carbocycles. The maximum Gasteiger partial charge on any atom is 0.323 e. The van der Waals surface area contributed by atoms with E-state index in [2.05, 4.69) is 22.4 Å². The Morgan fingerprint density at radius 2 is 1.82 bits per heavy atom. The molecule has 166 valence electrons. The second-order valence-corrected chi connectivity index (χ2v) is 9.21. The Kier molecular flexibility index (Phi) is 6.10. The van der Waals surface area contributed by atoms with Crippen LogP contribution in [0.15, 0.2) is 36.4 Å². The van der Waals surface area contributed by atoms with Gasteiger partial charge in [-0.1, -0.05) is 23.5 Å². The fourth-order valence-corrected chi connectivity index (χ4v) is 4.82. The molecule has 0 radical (unpaired) electrons. The van der Waals surface area contributed by atoms with Crippen molar-refractivity contribution < 1.29 is 4.79 Å². The third-order valence-electron chi connectivity index (χ3n) is 5.62. The lowest BCUT2D eigenvalue weighted by Crippen LogP contribution is -2.51. The molecule has 0 saturated carbocycles. The van der Waals surface area contributed by atoms with E-state index in [0.717, 1.165) is 27.4 Å². The highest BCUT2D eigenvalue weighted by Crippen LogP contribution is 2.39. The van der Waals surface area contributed by atoms with Crippen molar-refractivity contribution in [1.82, 2.24) is 14.9 Å². The van der Waals surface area contributed by atoms with Gasteiger partial charge in [-0.2, -0.15) is 10.5 Å². The van der Waals surface area contributed by atoms with Crippen LogP contribution in [-0.2, 0) is 0 Å². The minimum atomic E-state index is -0.874. The number of thiazole rings is 1. The fourth-order valence-electron chi connectivity index (χ4n) is 3.86. The van der Waals surface area contributed by atoms with Crippen molar-refractivity contribution in [2.75, 3.05) is 18.4 Å². The Morgan fingerprint density at radius 1 is 1.12 bits per heavy atom. The summed E-state index contributed by atoms with van der Waals surface area (Å²) in [7, 11) is 0. The van der Waals surface area contributed by atoms with E-state index in [0.29, 0.717) is 42.3 Å². The van der Waals surface area contributed by atoms with Gasteiger partial charge < -0.3 is 10.6 Å². The minimum absolute atomic E-state index is 0.269. The third-order valence-corrected chi connectivity index (χ3v) is 6.64. The van der Waals surface area contributed by atoms with Crippen LogP contribution in [-0.4, -0.2) is 39.5 Å². The van der Waals surface area contributed by atoms with Crippen LogP contribution in [0.1, 0.15) is 29.8 Å². The van der Waals surface area contributed by atoms with Crippen LogP contribution in [0.25, 0.3) is 21.7 Å². The maximum atomic E-state index is 12.9. The Balaban J connectivity index is 1.67. The van der Waals surface area contributed by atoms with Crippen molar-refractivity contribution in [3.63, 3.8) is 0 Å². The van der Waals surface area contributed by atoms with Gasteiger partial charge in [0.05, 0.1) is 28.3 Å². The first kappa shape index (κ1) is 22.4. The molecular formula is C24H23N7OS. The van der Waals surface area contributed by atoms with E-state index in [1.807, 2.05) is 38.1 Å². The number of nitriles is 2. The number of anilines is 1. The smallest absolute Gasteiger partial charge is 0.323 e. The average Bonchev–Trinajstić information content (AvgIpc) is 3.23. The van der Waals surface area contributed by atoms with E-state index in [4.69, 9.17) is 10.7 Å². The SMILES string of the molecule is Cc1cc(-c2sc(NC(=O)N3CCC(N)(C#N)CC3)nc2-c2cccc(C#N)c2)cc(C)n1. The molecule has 0 aliphatic carbocycles. The normalized spacial score (nSPS) is 14.9. The maximum absolute atomic E-state index is 12.9. The summed E-state index contributed by atoms with van der Waals surface area (Å²) in [6, 6.07) is 15.3. The number of aromatic nitrogens is 2. The monoisotopic (exact) mass is 457 g/mol. The van der Waals surface area contributed by atoms with Gasteiger partial charge >= 0.3 is 6.03 Å². The van der Waals surface area contributed by atoms with Gasteiger partial charge in [-0.25, -0.2) is 9.78 Å². The molecule has 2 amide bonds.